The minimum atomic E-state index is 0.00231. The van der Waals surface area contributed by atoms with Crippen LogP contribution in [-0.2, 0) is 0 Å². The van der Waals surface area contributed by atoms with Crippen molar-refractivity contribution in [2.24, 2.45) is 0 Å². The zero-order valence-electron chi connectivity index (χ0n) is 6.87. The van der Waals surface area contributed by atoms with Crippen molar-refractivity contribution in [1.29, 1.82) is 0 Å². The van der Waals surface area contributed by atoms with Gasteiger partial charge in [-0.3, -0.25) is 4.79 Å². The number of rotatable bonds is 1. The molecule has 66 valence electrons. The molecular weight excluding hydrogens is 234 g/mol. The van der Waals surface area contributed by atoms with Crippen LogP contribution in [0.5, 0.6) is 0 Å². The minimum Gasteiger partial charge on any atom is -0.445 e. The first-order valence-electron chi connectivity index (χ1n) is 3.72. The molecule has 2 heterocycles. The molecule has 2 aromatic rings. The van der Waals surface area contributed by atoms with E-state index in [0.29, 0.717) is 11.3 Å². The molecule has 0 saturated heterocycles. The van der Waals surface area contributed by atoms with Gasteiger partial charge in [0.1, 0.15) is 6.26 Å². The zero-order chi connectivity index (χ0) is 9.42. The Morgan fingerprint density at radius 1 is 1.62 bits per heavy atom. The number of pyridine rings is 1. The van der Waals surface area contributed by atoms with Gasteiger partial charge in [-0.25, -0.2) is 4.98 Å². The second-order valence-electron chi connectivity index (χ2n) is 2.72. The summed E-state index contributed by atoms with van der Waals surface area (Å²) < 4.78 is 5.93. The van der Waals surface area contributed by atoms with Gasteiger partial charge in [-0.2, -0.15) is 0 Å². The van der Waals surface area contributed by atoms with E-state index in [1.807, 2.05) is 0 Å². The smallest absolute Gasteiger partial charge is 0.227 e. The summed E-state index contributed by atoms with van der Waals surface area (Å²) in [7, 11) is 0. The summed E-state index contributed by atoms with van der Waals surface area (Å²) >= 11 is 3.31. The van der Waals surface area contributed by atoms with Crippen LogP contribution >= 0.6 is 15.9 Å². The lowest BCUT2D eigenvalue weighted by atomic mass is 10.2. The molecule has 0 saturated carbocycles. The third kappa shape index (κ3) is 1.37. The highest BCUT2D eigenvalue weighted by molar-refractivity contribution is 9.10. The van der Waals surface area contributed by atoms with E-state index in [4.69, 9.17) is 4.42 Å². The monoisotopic (exact) mass is 239 g/mol. The lowest BCUT2D eigenvalue weighted by molar-refractivity contribution is 0.101. The van der Waals surface area contributed by atoms with Crippen LogP contribution in [-0.4, -0.2) is 10.8 Å². The Bertz CT molecular complexity index is 475. The lowest BCUT2D eigenvalue weighted by Gasteiger charge is -1.93. The predicted molar refractivity (Wildman–Crippen MR) is 51.7 cm³/mol. The normalized spacial score (nSPS) is 10.6. The van der Waals surface area contributed by atoms with Gasteiger partial charge in [-0.15, -0.1) is 0 Å². The van der Waals surface area contributed by atoms with E-state index in [2.05, 4.69) is 20.9 Å². The first-order valence-corrected chi connectivity index (χ1v) is 4.51. The van der Waals surface area contributed by atoms with Crippen molar-refractivity contribution in [3.05, 3.63) is 28.6 Å². The van der Waals surface area contributed by atoms with E-state index >= 15 is 0 Å². The van der Waals surface area contributed by atoms with E-state index < -0.39 is 0 Å². The highest BCUT2D eigenvalue weighted by Crippen LogP contribution is 2.24. The summed E-state index contributed by atoms with van der Waals surface area (Å²) in [6.45, 7) is 1.51. The molecule has 0 atom stereocenters. The molecule has 4 heteroatoms. The third-order valence-corrected chi connectivity index (χ3v) is 2.40. The average Bonchev–Trinajstić information content (AvgIpc) is 2.47. The van der Waals surface area contributed by atoms with E-state index in [9.17, 15) is 4.79 Å². The van der Waals surface area contributed by atoms with Gasteiger partial charge in [0.2, 0.25) is 5.71 Å². The summed E-state index contributed by atoms with van der Waals surface area (Å²) in [5.41, 5.74) is 1.13. The Labute approximate surface area is 82.9 Å². The Morgan fingerprint density at radius 2 is 2.38 bits per heavy atom. The molecule has 0 spiro atoms. The number of furan rings is 1. The number of carbonyl (C=O) groups is 1. The van der Waals surface area contributed by atoms with E-state index in [0.717, 1.165) is 9.86 Å². The maximum atomic E-state index is 11.0. The Kier molecular flexibility index (Phi) is 1.92. The number of hydrogen-bond acceptors (Lipinski definition) is 3. The Balaban J connectivity index is 2.72. The number of hydrogen-bond donors (Lipinski definition) is 0. The highest BCUT2D eigenvalue weighted by atomic mass is 79.9. The van der Waals surface area contributed by atoms with Gasteiger partial charge in [0.15, 0.2) is 5.78 Å². The van der Waals surface area contributed by atoms with Gasteiger partial charge in [0.05, 0.1) is 9.86 Å². The van der Waals surface area contributed by atoms with E-state index in [-0.39, 0.29) is 5.78 Å². The van der Waals surface area contributed by atoms with Gasteiger partial charge in [0.25, 0.3) is 0 Å². The van der Waals surface area contributed by atoms with Crippen LogP contribution in [0.15, 0.2) is 27.4 Å². The van der Waals surface area contributed by atoms with Crippen molar-refractivity contribution < 1.29 is 9.21 Å². The molecule has 0 N–H and O–H groups in total. The molecule has 0 unspecified atom stereocenters. The summed E-state index contributed by atoms with van der Waals surface area (Å²) in [4.78, 5) is 15.0. The average molecular weight is 240 g/mol. The zero-order valence-corrected chi connectivity index (χ0v) is 8.46. The third-order valence-electron chi connectivity index (χ3n) is 1.79. The van der Waals surface area contributed by atoms with Gasteiger partial charge in [0, 0.05) is 11.8 Å². The molecule has 0 aliphatic carbocycles. The second kappa shape index (κ2) is 2.96. The molecule has 2 rings (SSSR count). The summed E-state index contributed by atoms with van der Waals surface area (Å²) in [5, 5.41) is 0.827. The number of aromatic nitrogens is 1. The second-order valence-corrected chi connectivity index (χ2v) is 3.57. The molecule has 3 nitrogen and oxygen atoms in total. The van der Waals surface area contributed by atoms with Crippen LogP contribution in [0, 0.1) is 0 Å². The standard InChI is InChI=1S/C9H6BrNO2/c1-5(12)6-2-7-8(10)4-13-9(7)11-3-6/h2-4H,1H3. The number of ketones is 1. The van der Waals surface area contributed by atoms with Crippen LogP contribution in [0.3, 0.4) is 0 Å². The van der Waals surface area contributed by atoms with Crippen LogP contribution in [0.2, 0.25) is 0 Å². The van der Waals surface area contributed by atoms with Gasteiger partial charge in [-0.05, 0) is 28.9 Å². The van der Waals surface area contributed by atoms with Crippen molar-refractivity contribution in [2.75, 3.05) is 0 Å². The summed E-state index contributed by atoms with van der Waals surface area (Å²) in [6, 6.07) is 1.76. The predicted octanol–water partition coefficient (Wildman–Crippen LogP) is 2.79. The van der Waals surface area contributed by atoms with Crippen molar-refractivity contribution in [3.63, 3.8) is 0 Å². The van der Waals surface area contributed by atoms with Gasteiger partial charge in [-0.1, -0.05) is 0 Å². The number of Topliss-reactive ketones (excluding diaryl/α,β-unsaturated/α-hetero) is 1. The number of halogens is 1. The van der Waals surface area contributed by atoms with Crippen molar-refractivity contribution >= 4 is 32.8 Å². The molecule has 0 radical (unpaired) electrons. The molecular formula is C9H6BrNO2. The van der Waals surface area contributed by atoms with Crippen molar-refractivity contribution in [1.82, 2.24) is 4.98 Å². The largest absolute Gasteiger partial charge is 0.445 e. The summed E-state index contributed by atoms with van der Waals surface area (Å²) in [5.74, 6) is 0.00231. The minimum absolute atomic E-state index is 0.00231. The van der Waals surface area contributed by atoms with Crippen LogP contribution in [0.4, 0.5) is 0 Å². The fourth-order valence-electron chi connectivity index (χ4n) is 1.08. The molecule has 13 heavy (non-hydrogen) atoms. The fourth-order valence-corrected chi connectivity index (χ4v) is 1.46. The molecule has 0 amide bonds. The molecule has 2 aromatic heterocycles. The van der Waals surface area contributed by atoms with Gasteiger partial charge < -0.3 is 4.42 Å². The van der Waals surface area contributed by atoms with Gasteiger partial charge >= 0.3 is 0 Å². The Hall–Kier alpha value is -1.16. The SMILES string of the molecule is CC(=O)c1cnc2occ(Br)c2c1. The number of nitrogens with zero attached hydrogens (tertiary/aromatic N) is 1. The summed E-state index contributed by atoms with van der Waals surface area (Å²) in [6.07, 6.45) is 3.07. The van der Waals surface area contributed by atoms with E-state index in [1.165, 1.54) is 13.1 Å². The van der Waals surface area contributed by atoms with E-state index in [1.54, 1.807) is 12.3 Å². The number of fused-ring (bicyclic) bond motifs is 1. The first-order chi connectivity index (χ1) is 6.18. The van der Waals surface area contributed by atoms with Crippen LogP contribution in [0.25, 0.3) is 11.1 Å². The first kappa shape index (κ1) is 8.44. The Morgan fingerprint density at radius 3 is 3.08 bits per heavy atom. The molecule has 0 bridgehead atoms. The van der Waals surface area contributed by atoms with Crippen LogP contribution < -0.4 is 0 Å². The fraction of sp³-hybridized carbons (Fsp3) is 0.111. The maximum absolute atomic E-state index is 11.0. The maximum Gasteiger partial charge on any atom is 0.227 e. The molecule has 0 aliphatic rings. The topological polar surface area (TPSA) is 43.1 Å². The van der Waals surface area contributed by atoms with Crippen molar-refractivity contribution in [2.45, 2.75) is 6.92 Å². The van der Waals surface area contributed by atoms with Crippen LogP contribution in [0.1, 0.15) is 17.3 Å². The van der Waals surface area contributed by atoms with Crippen molar-refractivity contribution in [3.8, 4) is 0 Å². The number of carbonyl (C=O) groups excluding carboxylic acids is 1. The highest BCUT2D eigenvalue weighted by Gasteiger charge is 2.07. The molecule has 0 aliphatic heterocycles. The molecule has 0 aromatic carbocycles. The lowest BCUT2D eigenvalue weighted by Crippen LogP contribution is -1.92. The molecule has 0 fully saturated rings. The quantitative estimate of drug-likeness (QED) is 0.719.